The van der Waals surface area contributed by atoms with Gasteiger partial charge in [-0.05, 0) is 30.9 Å². The van der Waals surface area contributed by atoms with Gasteiger partial charge in [0, 0.05) is 10.2 Å². The van der Waals surface area contributed by atoms with Crippen molar-refractivity contribution < 1.29 is 20.3 Å². The van der Waals surface area contributed by atoms with E-state index in [1.54, 1.807) is 0 Å². The maximum absolute atomic E-state index is 2.34. The van der Waals surface area contributed by atoms with Crippen molar-refractivity contribution >= 4 is 10.2 Å². The van der Waals surface area contributed by atoms with Crippen LogP contribution in [-0.2, 0) is 0 Å². The van der Waals surface area contributed by atoms with Crippen LogP contribution in [0.4, 0.5) is 0 Å². The van der Waals surface area contributed by atoms with Crippen LogP contribution in [0.2, 0.25) is 0 Å². The van der Waals surface area contributed by atoms with Crippen molar-refractivity contribution in [2.75, 3.05) is 0 Å². The smallest absolute Gasteiger partial charge is 1.00 e. The standard InChI is InChI=1S/C14H18Si.Li.H/c1-10-7-11(2)9-13(8-10)14(15)12-5-3-4-6-12;;/h3-9,12,14H,1-2,15H3;;/q;+1;-1. The molecule has 1 atom stereocenters. The minimum Gasteiger partial charge on any atom is -1.00 e. The second-order valence-corrected chi connectivity index (χ2v) is 5.80. The molecule has 1 aliphatic rings. The fourth-order valence-corrected chi connectivity index (χ4v) is 3.06. The van der Waals surface area contributed by atoms with E-state index in [-0.39, 0.29) is 20.3 Å². The van der Waals surface area contributed by atoms with Gasteiger partial charge in [-0.15, -0.1) is 0 Å². The van der Waals surface area contributed by atoms with Gasteiger partial charge in [0.15, 0.2) is 0 Å². The van der Waals surface area contributed by atoms with Gasteiger partial charge in [-0.2, -0.15) is 0 Å². The van der Waals surface area contributed by atoms with Crippen LogP contribution in [-0.4, -0.2) is 10.2 Å². The van der Waals surface area contributed by atoms with E-state index in [0.717, 1.165) is 5.54 Å². The molecule has 0 saturated heterocycles. The summed E-state index contributed by atoms with van der Waals surface area (Å²) < 4.78 is 0. The van der Waals surface area contributed by atoms with E-state index >= 15 is 0 Å². The molecule has 1 aromatic rings. The van der Waals surface area contributed by atoms with Crippen LogP contribution in [0, 0.1) is 19.8 Å². The van der Waals surface area contributed by atoms with Gasteiger partial charge in [0.25, 0.3) is 0 Å². The van der Waals surface area contributed by atoms with Crippen molar-refractivity contribution in [3.8, 4) is 0 Å². The van der Waals surface area contributed by atoms with Gasteiger partial charge < -0.3 is 1.43 Å². The van der Waals surface area contributed by atoms with Crippen LogP contribution in [0.15, 0.2) is 42.5 Å². The van der Waals surface area contributed by atoms with Crippen LogP contribution in [0.3, 0.4) is 0 Å². The van der Waals surface area contributed by atoms with Crippen molar-refractivity contribution in [2.24, 2.45) is 5.92 Å². The third-order valence-electron chi connectivity index (χ3n) is 3.12. The molecule has 2 heteroatoms. The molecule has 80 valence electrons. The molecule has 1 aromatic carbocycles. The van der Waals surface area contributed by atoms with Gasteiger partial charge in [0.2, 0.25) is 0 Å². The van der Waals surface area contributed by atoms with Crippen LogP contribution in [0.25, 0.3) is 0 Å². The average Bonchev–Trinajstić information content (AvgIpc) is 2.67. The summed E-state index contributed by atoms with van der Waals surface area (Å²) in [5.74, 6) is 0.637. The second-order valence-electron chi connectivity index (χ2n) is 4.56. The Labute approximate surface area is 115 Å². The second kappa shape index (κ2) is 5.73. The normalized spacial score (nSPS) is 16.4. The molecule has 0 aromatic heterocycles. The summed E-state index contributed by atoms with van der Waals surface area (Å²) in [5, 5.41) is 0. The van der Waals surface area contributed by atoms with Gasteiger partial charge in [-0.3, -0.25) is 0 Å². The third-order valence-corrected chi connectivity index (χ3v) is 4.56. The molecule has 0 saturated carbocycles. The van der Waals surface area contributed by atoms with E-state index in [4.69, 9.17) is 0 Å². The molecule has 0 aliphatic heterocycles. The van der Waals surface area contributed by atoms with Crippen LogP contribution >= 0.6 is 0 Å². The number of hydrogen-bond donors (Lipinski definition) is 0. The zero-order valence-electron chi connectivity index (χ0n) is 11.7. The first-order chi connectivity index (χ1) is 7.16. The Balaban J connectivity index is 0.00000128. The predicted molar refractivity (Wildman–Crippen MR) is 71.5 cm³/mol. The summed E-state index contributed by atoms with van der Waals surface area (Å²) in [6.45, 7) is 4.37. The molecule has 2 rings (SSSR count). The molecular formula is C14H19LiSi. The maximum atomic E-state index is 2.34. The number of rotatable bonds is 2. The maximum Gasteiger partial charge on any atom is 1.00 e. The molecule has 0 spiro atoms. The monoisotopic (exact) mass is 222 g/mol. The Kier molecular flexibility index (Phi) is 4.86. The molecule has 1 aliphatic carbocycles. The van der Waals surface area contributed by atoms with Gasteiger partial charge in [0.1, 0.15) is 0 Å². The molecule has 0 N–H and O–H groups in total. The van der Waals surface area contributed by atoms with E-state index in [1.165, 1.54) is 26.9 Å². The molecule has 0 nitrogen and oxygen atoms in total. The van der Waals surface area contributed by atoms with E-state index < -0.39 is 0 Å². The molecule has 0 radical (unpaired) electrons. The molecule has 0 heterocycles. The molecular weight excluding hydrogens is 203 g/mol. The molecule has 16 heavy (non-hydrogen) atoms. The first-order valence-corrected chi connectivity index (χ1v) is 6.75. The van der Waals surface area contributed by atoms with Crippen molar-refractivity contribution in [1.82, 2.24) is 0 Å². The Hall–Kier alpha value is -0.486. The Morgan fingerprint density at radius 1 is 1.06 bits per heavy atom. The summed E-state index contributed by atoms with van der Waals surface area (Å²) in [4.78, 5) is 0. The zero-order valence-corrected chi connectivity index (χ0v) is 12.7. The number of allylic oxidation sites excluding steroid dienone is 4. The molecule has 0 amide bonds. The fourth-order valence-electron chi connectivity index (χ4n) is 2.28. The minimum atomic E-state index is 0. The molecule has 0 bridgehead atoms. The number of benzene rings is 1. The summed E-state index contributed by atoms with van der Waals surface area (Å²) in [7, 11) is 1.21. The SMILES string of the molecule is Cc1cc(C)cc(C([SiH3])C2C=CC=C2)c1.[H-].[Li+]. The summed E-state index contributed by atoms with van der Waals surface area (Å²) in [6.07, 6.45) is 8.96. The number of hydrogen-bond acceptors (Lipinski definition) is 0. The fraction of sp³-hybridized carbons (Fsp3) is 0.286. The van der Waals surface area contributed by atoms with Crippen LogP contribution in [0.1, 0.15) is 23.7 Å². The van der Waals surface area contributed by atoms with Crippen LogP contribution < -0.4 is 18.9 Å². The van der Waals surface area contributed by atoms with Crippen molar-refractivity contribution in [2.45, 2.75) is 19.4 Å². The van der Waals surface area contributed by atoms with E-state index in [2.05, 4.69) is 56.4 Å². The zero-order chi connectivity index (χ0) is 10.8. The first kappa shape index (κ1) is 13.6. The van der Waals surface area contributed by atoms with Gasteiger partial charge in [-0.1, -0.05) is 53.6 Å². The van der Waals surface area contributed by atoms with Crippen molar-refractivity contribution in [3.63, 3.8) is 0 Å². The van der Waals surface area contributed by atoms with Crippen molar-refractivity contribution in [1.29, 1.82) is 0 Å². The first-order valence-electron chi connectivity index (χ1n) is 5.60. The Morgan fingerprint density at radius 3 is 2.06 bits per heavy atom. The minimum absolute atomic E-state index is 0. The van der Waals surface area contributed by atoms with Crippen molar-refractivity contribution in [3.05, 3.63) is 59.2 Å². The summed E-state index contributed by atoms with van der Waals surface area (Å²) in [6, 6.07) is 6.92. The number of aryl methyl sites for hydroxylation is 2. The largest absolute Gasteiger partial charge is 1.00 e. The average molecular weight is 222 g/mol. The summed E-state index contributed by atoms with van der Waals surface area (Å²) >= 11 is 0. The Morgan fingerprint density at radius 2 is 1.56 bits per heavy atom. The van der Waals surface area contributed by atoms with E-state index in [0.29, 0.717) is 5.92 Å². The van der Waals surface area contributed by atoms with Gasteiger partial charge >= 0.3 is 18.9 Å². The van der Waals surface area contributed by atoms with Crippen LogP contribution in [0.5, 0.6) is 0 Å². The predicted octanol–water partition coefficient (Wildman–Crippen LogP) is -0.431. The topological polar surface area (TPSA) is 0 Å². The quantitative estimate of drug-likeness (QED) is 0.596. The van der Waals surface area contributed by atoms with E-state index in [9.17, 15) is 0 Å². The molecule has 1 unspecified atom stereocenters. The molecule has 0 fully saturated rings. The van der Waals surface area contributed by atoms with Gasteiger partial charge in [0.05, 0.1) is 0 Å². The van der Waals surface area contributed by atoms with Gasteiger partial charge in [-0.25, -0.2) is 0 Å². The summed E-state index contributed by atoms with van der Waals surface area (Å²) in [5.41, 5.74) is 5.01. The van der Waals surface area contributed by atoms with E-state index in [1.807, 2.05) is 0 Å². The third kappa shape index (κ3) is 3.01. The Bertz CT molecular complexity index is 394.